The SMILES string of the molecule is COc1cccc(N2CC(n3ccnc3-c3ccc(CO)o3)CC2=O)c1. The Hall–Kier alpha value is -3.06. The van der Waals surface area contributed by atoms with Crippen LogP contribution in [0.4, 0.5) is 5.69 Å². The maximum absolute atomic E-state index is 12.6. The summed E-state index contributed by atoms with van der Waals surface area (Å²) in [5.41, 5.74) is 0.819. The largest absolute Gasteiger partial charge is 0.497 e. The van der Waals surface area contributed by atoms with Crippen molar-refractivity contribution in [1.29, 1.82) is 0 Å². The first-order valence-electron chi connectivity index (χ1n) is 8.37. The fourth-order valence-corrected chi connectivity index (χ4v) is 3.28. The minimum Gasteiger partial charge on any atom is -0.497 e. The maximum atomic E-state index is 12.6. The smallest absolute Gasteiger partial charge is 0.229 e. The average Bonchev–Trinajstić information content (AvgIpc) is 3.40. The summed E-state index contributed by atoms with van der Waals surface area (Å²) in [6.45, 7) is 0.384. The molecule has 1 N–H and O–H groups in total. The molecule has 1 saturated heterocycles. The summed E-state index contributed by atoms with van der Waals surface area (Å²) in [6, 6.07) is 10.9. The van der Waals surface area contributed by atoms with Gasteiger partial charge in [0.15, 0.2) is 11.6 Å². The van der Waals surface area contributed by atoms with E-state index in [1.807, 2.05) is 35.0 Å². The highest BCUT2D eigenvalue weighted by atomic mass is 16.5. The lowest BCUT2D eigenvalue weighted by atomic mass is 10.2. The Bertz CT molecular complexity index is 930. The van der Waals surface area contributed by atoms with Crippen molar-refractivity contribution in [2.75, 3.05) is 18.6 Å². The van der Waals surface area contributed by atoms with Gasteiger partial charge in [0, 0.05) is 37.1 Å². The number of amides is 1. The molecule has 0 saturated carbocycles. The lowest BCUT2D eigenvalue weighted by molar-refractivity contribution is -0.117. The number of aliphatic hydroxyl groups excluding tert-OH is 1. The van der Waals surface area contributed by atoms with E-state index in [1.54, 1.807) is 30.3 Å². The first-order chi connectivity index (χ1) is 12.7. The Morgan fingerprint density at radius 2 is 2.23 bits per heavy atom. The molecule has 0 bridgehead atoms. The third-order valence-corrected chi connectivity index (χ3v) is 4.57. The monoisotopic (exact) mass is 353 g/mol. The van der Waals surface area contributed by atoms with Crippen molar-refractivity contribution < 1.29 is 19.1 Å². The Kier molecular flexibility index (Phi) is 4.22. The quantitative estimate of drug-likeness (QED) is 0.763. The zero-order valence-corrected chi connectivity index (χ0v) is 14.3. The Labute approximate surface area is 150 Å². The van der Waals surface area contributed by atoms with Gasteiger partial charge in [0.05, 0.1) is 13.2 Å². The number of ether oxygens (including phenoxy) is 1. The van der Waals surface area contributed by atoms with E-state index >= 15 is 0 Å². The van der Waals surface area contributed by atoms with Crippen molar-refractivity contribution in [2.45, 2.75) is 19.1 Å². The first-order valence-corrected chi connectivity index (χ1v) is 8.37. The van der Waals surface area contributed by atoms with Crippen LogP contribution in [0.5, 0.6) is 5.75 Å². The van der Waals surface area contributed by atoms with Crippen molar-refractivity contribution in [3.63, 3.8) is 0 Å². The van der Waals surface area contributed by atoms with Gasteiger partial charge in [-0.15, -0.1) is 0 Å². The molecule has 7 heteroatoms. The van der Waals surface area contributed by atoms with Crippen LogP contribution in [-0.4, -0.2) is 34.2 Å². The molecule has 0 spiro atoms. The van der Waals surface area contributed by atoms with E-state index in [1.165, 1.54) is 0 Å². The van der Waals surface area contributed by atoms with Gasteiger partial charge in [0.2, 0.25) is 5.91 Å². The van der Waals surface area contributed by atoms with Crippen LogP contribution in [0, 0.1) is 0 Å². The molecular weight excluding hydrogens is 334 g/mol. The third-order valence-electron chi connectivity index (χ3n) is 4.57. The number of furan rings is 1. The molecule has 1 aromatic carbocycles. The van der Waals surface area contributed by atoms with E-state index in [-0.39, 0.29) is 18.6 Å². The number of methoxy groups -OCH3 is 1. The molecule has 0 radical (unpaired) electrons. The molecule has 1 unspecified atom stereocenters. The normalized spacial score (nSPS) is 17.1. The molecule has 134 valence electrons. The highest BCUT2D eigenvalue weighted by Gasteiger charge is 2.33. The van der Waals surface area contributed by atoms with Crippen molar-refractivity contribution in [1.82, 2.24) is 9.55 Å². The van der Waals surface area contributed by atoms with E-state index in [9.17, 15) is 9.90 Å². The van der Waals surface area contributed by atoms with Crippen LogP contribution in [0.2, 0.25) is 0 Å². The molecule has 26 heavy (non-hydrogen) atoms. The van der Waals surface area contributed by atoms with Crippen LogP contribution in [0.15, 0.2) is 53.2 Å². The number of hydrogen-bond acceptors (Lipinski definition) is 5. The lowest BCUT2D eigenvalue weighted by Gasteiger charge is -2.18. The Balaban J connectivity index is 1.61. The molecule has 1 fully saturated rings. The van der Waals surface area contributed by atoms with E-state index < -0.39 is 0 Å². The van der Waals surface area contributed by atoms with E-state index in [4.69, 9.17) is 9.15 Å². The fourth-order valence-electron chi connectivity index (χ4n) is 3.28. The number of imidazole rings is 1. The molecule has 0 aliphatic carbocycles. The van der Waals surface area contributed by atoms with Gasteiger partial charge in [-0.2, -0.15) is 0 Å². The molecule has 1 aliphatic heterocycles. The summed E-state index contributed by atoms with van der Waals surface area (Å²) in [5, 5.41) is 9.19. The molecule has 3 heterocycles. The van der Waals surface area contributed by atoms with Crippen molar-refractivity contribution >= 4 is 11.6 Å². The van der Waals surface area contributed by atoms with Crippen LogP contribution >= 0.6 is 0 Å². The van der Waals surface area contributed by atoms with Crippen molar-refractivity contribution in [3.05, 3.63) is 54.6 Å². The van der Waals surface area contributed by atoms with Crippen molar-refractivity contribution in [2.24, 2.45) is 0 Å². The van der Waals surface area contributed by atoms with Gasteiger partial charge in [0.25, 0.3) is 0 Å². The highest BCUT2D eigenvalue weighted by molar-refractivity contribution is 5.96. The number of rotatable bonds is 5. The summed E-state index contributed by atoms with van der Waals surface area (Å²) in [5.74, 6) is 2.48. The van der Waals surface area contributed by atoms with Crippen LogP contribution in [0.3, 0.4) is 0 Å². The molecule has 4 rings (SSSR count). The summed E-state index contributed by atoms with van der Waals surface area (Å²) >= 11 is 0. The van der Waals surface area contributed by atoms with Gasteiger partial charge in [-0.1, -0.05) is 6.07 Å². The Morgan fingerprint density at radius 1 is 1.35 bits per heavy atom. The number of hydrogen-bond donors (Lipinski definition) is 1. The summed E-state index contributed by atoms with van der Waals surface area (Å²) < 4.78 is 12.8. The second-order valence-corrected chi connectivity index (χ2v) is 6.15. The molecule has 2 aromatic heterocycles. The van der Waals surface area contributed by atoms with Gasteiger partial charge >= 0.3 is 0 Å². The van der Waals surface area contributed by atoms with Crippen LogP contribution < -0.4 is 9.64 Å². The van der Waals surface area contributed by atoms with Gasteiger partial charge in [-0.05, 0) is 24.3 Å². The molecule has 1 aliphatic rings. The number of nitrogens with zero attached hydrogens (tertiary/aromatic N) is 3. The summed E-state index contributed by atoms with van der Waals surface area (Å²) in [7, 11) is 1.61. The third kappa shape index (κ3) is 2.86. The lowest BCUT2D eigenvalue weighted by Crippen LogP contribution is -2.24. The zero-order chi connectivity index (χ0) is 18.1. The Morgan fingerprint density at radius 3 is 3.00 bits per heavy atom. The summed E-state index contributed by atoms with van der Waals surface area (Å²) in [6.07, 6.45) is 3.92. The number of carbonyl (C=O) groups excluding carboxylic acids is 1. The molecule has 1 atom stereocenters. The zero-order valence-electron chi connectivity index (χ0n) is 14.3. The molecule has 1 amide bonds. The predicted octanol–water partition coefficient (Wildman–Crippen LogP) is 2.62. The highest BCUT2D eigenvalue weighted by Crippen LogP contribution is 2.33. The number of aromatic nitrogens is 2. The minimum absolute atomic E-state index is 0.0473. The number of benzene rings is 1. The standard InChI is InChI=1S/C19H19N3O4/c1-25-15-4-2-3-13(9-15)22-11-14(10-18(22)24)21-8-7-20-19(21)17-6-5-16(12-23)26-17/h2-9,14,23H,10-12H2,1H3. The maximum Gasteiger partial charge on any atom is 0.229 e. The van der Waals surface area contributed by atoms with Crippen LogP contribution in [0.1, 0.15) is 18.2 Å². The average molecular weight is 353 g/mol. The molecule has 3 aromatic rings. The van der Waals surface area contributed by atoms with Crippen LogP contribution in [0.25, 0.3) is 11.6 Å². The number of anilines is 1. The van der Waals surface area contributed by atoms with Gasteiger partial charge in [-0.25, -0.2) is 4.98 Å². The number of carbonyl (C=O) groups is 1. The molecule has 7 nitrogen and oxygen atoms in total. The second-order valence-electron chi connectivity index (χ2n) is 6.15. The van der Waals surface area contributed by atoms with Gasteiger partial charge in [-0.3, -0.25) is 4.79 Å². The van der Waals surface area contributed by atoms with Gasteiger partial charge < -0.3 is 23.7 Å². The predicted molar refractivity (Wildman–Crippen MR) is 94.9 cm³/mol. The van der Waals surface area contributed by atoms with E-state index in [2.05, 4.69) is 4.98 Å². The second kappa shape index (κ2) is 6.68. The minimum atomic E-state index is -0.160. The van der Waals surface area contributed by atoms with Crippen LogP contribution in [-0.2, 0) is 11.4 Å². The number of aliphatic hydroxyl groups is 1. The topological polar surface area (TPSA) is 80.7 Å². The van der Waals surface area contributed by atoms with Gasteiger partial charge in [0.1, 0.15) is 18.1 Å². The molecular formula is C19H19N3O4. The van der Waals surface area contributed by atoms with E-state index in [0.717, 1.165) is 5.69 Å². The first kappa shape index (κ1) is 16.4. The van der Waals surface area contributed by atoms with Crippen molar-refractivity contribution in [3.8, 4) is 17.3 Å². The summed E-state index contributed by atoms with van der Waals surface area (Å²) in [4.78, 5) is 18.7. The van der Waals surface area contributed by atoms with E-state index in [0.29, 0.717) is 36.1 Å². The fraction of sp³-hybridized carbons (Fsp3) is 0.263.